The Morgan fingerprint density at radius 1 is 1.35 bits per heavy atom. The third kappa shape index (κ3) is 3.85. The molecular weight excluding hydrogens is 294 g/mol. The molecule has 1 unspecified atom stereocenters. The van der Waals surface area contributed by atoms with E-state index in [1.165, 1.54) is 19.3 Å². The predicted molar refractivity (Wildman–Crippen MR) is 86.8 cm³/mol. The van der Waals surface area contributed by atoms with Crippen LogP contribution < -0.4 is 4.74 Å². The van der Waals surface area contributed by atoms with E-state index in [1.807, 2.05) is 29.2 Å². The van der Waals surface area contributed by atoms with Crippen LogP contribution in [0, 0.1) is 5.92 Å². The summed E-state index contributed by atoms with van der Waals surface area (Å²) >= 11 is 0. The van der Waals surface area contributed by atoms with Gasteiger partial charge in [0.05, 0.1) is 25.9 Å². The summed E-state index contributed by atoms with van der Waals surface area (Å²) in [5, 5.41) is 0. The molecule has 1 aliphatic heterocycles. The number of hydrogen-bond acceptors (Lipinski definition) is 4. The SMILES string of the molecule is COCCOc1cccc(C(=O)N2CCOCC2C2CCC2)c1. The molecule has 1 saturated heterocycles. The summed E-state index contributed by atoms with van der Waals surface area (Å²) in [6.07, 6.45) is 3.68. The van der Waals surface area contributed by atoms with E-state index in [9.17, 15) is 4.79 Å². The van der Waals surface area contributed by atoms with Gasteiger partial charge >= 0.3 is 0 Å². The normalized spacial score (nSPS) is 21.8. The van der Waals surface area contributed by atoms with Crippen molar-refractivity contribution in [1.82, 2.24) is 4.90 Å². The molecule has 2 aliphatic rings. The molecule has 5 heteroatoms. The number of nitrogens with zero attached hydrogens (tertiary/aromatic N) is 1. The van der Waals surface area contributed by atoms with Gasteiger partial charge in [0.2, 0.25) is 0 Å². The van der Waals surface area contributed by atoms with Crippen LogP contribution in [0.4, 0.5) is 0 Å². The standard InChI is InChI=1S/C18H25NO4/c1-21-10-11-23-16-7-3-6-15(12-16)18(20)19-8-9-22-13-17(19)14-4-2-5-14/h3,6-7,12,14,17H,2,4-5,8-11,13H2,1H3. The van der Waals surface area contributed by atoms with Crippen molar-refractivity contribution in [2.45, 2.75) is 25.3 Å². The smallest absolute Gasteiger partial charge is 0.254 e. The summed E-state index contributed by atoms with van der Waals surface area (Å²) < 4.78 is 16.2. The molecular formula is C18H25NO4. The molecule has 1 aromatic carbocycles. The van der Waals surface area contributed by atoms with E-state index >= 15 is 0 Å². The molecule has 0 bridgehead atoms. The first-order valence-corrected chi connectivity index (χ1v) is 8.40. The molecule has 0 radical (unpaired) electrons. The summed E-state index contributed by atoms with van der Waals surface area (Å²) in [6.45, 7) is 2.98. The zero-order chi connectivity index (χ0) is 16.1. The highest BCUT2D eigenvalue weighted by Gasteiger charge is 2.36. The van der Waals surface area contributed by atoms with E-state index in [2.05, 4.69) is 0 Å². The Labute approximate surface area is 137 Å². The molecule has 1 heterocycles. The molecule has 126 valence electrons. The summed E-state index contributed by atoms with van der Waals surface area (Å²) in [5.41, 5.74) is 0.686. The van der Waals surface area contributed by atoms with Gasteiger partial charge in [0.1, 0.15) is 12.4 Å². The van der Waals surface area contributed by atoms with E-state index in [0.717, 1.165) is 0 Å². The molecule has 0 aromatic heterocycles. The molecule has 1 atom stereocenters. The van der Waals surface area contributed by atoms with Crippen molar-refractivity contribution in [2.75, 3.05) is 40.1 Å². The minimum absolute atomic E-state index is 0.0855. The van der Waals surface area contributed by atoms with Crippen molar-refractivity contribution < 1.29 is 19.0 Å². The first-order chi connectivity index (χ1) is 11.3. The van der Waals surface area contributed by atoms with Gasteiger partial charge in [-0.15, -0.1) is 0 Å². The second-order valence-electron chi connectivity index (χ2n) is 6.20. The Hall–Kier alpha value is -1.59. The van der Waals surface area contributed by atoms with Crippen LogP contribution in [0.3, 0.4) is 0 Å². The highest BCUT2D eigenvalue weighted by molar-refractivity contribution is 5.95. The molecule has 0 spiro atoms. The van der Waals surface area contributed by atoms with E-state index in [4.69, 9.17) is 14.2 Å². The highest BCUT2D eigenvalue weighted by atomic mass is 16.5. The number of hydrogen-bond donors (Lipinski definition) is 0. The quantitative estimate of drug-likeness (QED) is 0.755. The van der Waals surface area contributed by atoms with Crippen molar-refractivity contribution in [3.05, 3.63) is 29.8 Å². The van der Waals surface area contributed by atoms with Gasteiger partial charge in [-0.05, 0) is 37.0 Å². The molecule has 5 nitrogen and oxygen atoms in total. The number of carbonyl (C=O) groups excluding carboxylic acids is 1. The number of methoxy groups -OCH3 is 1. The number of morpholine rings is 1. The maximum atomic E-state index is 12.9. The monoisotopic (exact) mass is 319 g/mol. The number of rotatable bonds is 6. The average Bonchev–Trinajstić information content (AvgIpc) is 2.54. The van der Waals surface area contributed by atoms with Gasteiger partial charge in [0.25, 0.3) is 5.91 Å². The van der Waals surface area contributed by atoms with Gasteiger partial charge in [-0.3, -0.25) is 4.79 Å². The lowest BCUT2D eigenvalue weighted by Crippen LogP contribution is -2.53. The van der Waals surface area contributed by atoms with Crippen molar-refractivity contribution in [2.24, 2.45) is 5.92 Å². The van der Waals surface area contributed by atoms with Gasteiger partial charge in [0, 0.05) is 19.2 Å². The second kappa shape index (κ2) is 7.79. The van der Waals surface area contributed by atoms with Crippen molar-refractivity contribution in [3.63, 3.8) is 0 Å². The lowest BCUT2D eigenvalue weighted by Gasteiger charge is -2.43. The summed E-state index contributed by atoms with van der Waals surface area (Å²) in [4.78, 5) is 14.9. The van der Waals surface area contributed by atoms with Crippen LogP contribution in [0.15, 0.2) is 24.3 Å². The number of carbonyl (C=O) groups is 1. The largest absolute Gasteiger partial charge is 0.491 e. The Kier molecular flexibility index (Phi) is 5.51. The van der Waals surface area contributed by atoms with Crippen LogP contribution in [0.5, 0.6) is 5.75 Å². The zero-order valence-corrected chi connectivity index (χ0v) is 13.7. The molecule has 1 saturated carbocycles. The third-order valence-electron chi connectivity index (χ3n) is 4.76. The Bertz CT molecular complexity index is 530. The van der Waals surface area contributed by atoms with Crippen LogP contribution in [-0.4, -0.2) is 56.9 Å². The summed E-state index contributed by atoms with van der Waals surface area (Å²) in [6, 6.07) is 7.65. The molecule has 23 heavy (non-hydrogen) atoms. The molecule has 0 N–H and O–H groups in total. The van der Waals surface area contributed by atoms with Crippen LogP contribution in [-0.2, 0) is 9.47 Å². The molecule has 3 rings (SSSR count). The van der Waals surface area contributed by atoms with Gasteiger partial charge < -0.3 is 19.1 Å². The topological polar surface area (TPSA) is 48.0 Å². The summed E-state index contributed by atoms with van der Waals surface area (Å²) in [7, 11) is 1.64. The molecule has 1 amide bonds. The van der Waals surface area contributed by atoms with Crippen molar-refractivity contribution >= 4 is 5.91 Å². The number of benzene rings is 1. The zero-order valence-electron chi connectivity index (χ0n) is 13.7. The first-order valence-electron chi connectivity index (χ1n) is 8.40. The minimum Gasteiger partial charge on any atom is -0.491 e. The van der Waals surface area contributed by atoms with E-state index in [-0.39, 0.29) is 11.9 Å². The van der Waals surface area contributed by atoms with Crippen LogP contribution in [0.1, 0.15) is 29.6 Å². The number of ether oxygens (including phenoxy) is 3. The van der Waals surface area contributed by atoms with E-state index in [1.54, 1.807) is 7.11 Å². The molecule has 1 aromatic rings. The predicted octanol–water partition coefficient (Wildman–Crippen LogP) is 2.35. The Morgan fingerprint density at radius 3 is 2.96 bits per heavy atom. The highest BCUT2D eigenvalue weighted by Crippen LogP contribution is 2.34. The van der Waals surface area contributed by atoms with Crippen molar-refractivity contribution in [3.8, 4) is 5.75 Å². The lowest BCUT2D eigenvalue weighted by molar-refractivity contribution is -0.0330. The fraction of sp³-hybridized carbons (Fsp3) is 0.611. The van der Waals surface area contributed by atoms with Gasteiger partial charge in [-0.1, -0.05) is 12.5 Å². The van der Waals surface area contributed by atoms with Gasteiger partial charge in [-0.2, -0.15) is 0 Å². The first kappa shape index (κ1) is 16.3. The minimum atomic E-state index is 0.0855. The lowest BCUT2D eigenvalue weighted by atomic mass is 9.79. The Morgan fingerprint density at radius 2 is 2.22 bits per heavy atom. The second-order valence-corrected chi connectivity index (χ2v) is 6.20. The van der Waals surface area contributed by atoms with Crippen molar-refractivity contribution in [1.29, 1.82) is 0 Å². The Balaban J connectivity index is 1.69. The van der Waals surface area contributed by atoms with Crippen LogP contribution in [0.2, 0.25) is 0 Å². The van der Waals surface area contributed by atoms with E-state index in [0.29, 0.717) is 50.2 Å². The fourth-order valence-corrected chi connectivity index (χ4v) is 3.22. The number of amides is 1. The van der Waals surface area contributed by atoms with Gasteiger partial charge in [-0.25, -0.2) is 0 Å². The third-order valence-corrected chi connectivity index (χ3v) is 4.76. The fourth-order valence-electron chi connectivity index (χ4n) is 3.22. The van der Waals surface area contributed by atoms with Crippen LogP contribution in [0.25, 0.3) is 0 Å². The average molecular weight is 319 g/mol. The maximum absolute atomic E-state index is 12.9. The molecule has 1 aliphatic carbocycles. The maximum Gasteiger partial charge on any atom is 0.254 e. The van der Waals surface area contributed by atoms with Gasteiger partial charge in [0.15, 0.2) is 0 Å². The van der Waals surface area contributed by atoms with Crippen LogP contribution >= 0.6 is 0 Å². The van der Waals surface area contributed by atoms with E-state index < -0.39 is 0 Å². The summed E-state index contributed by atoms with van der Waals surface area (Å²) in [5.74, 6) is 1.39. The molecule has 2 fully saturated rings.